The van der Waals surface area contributed by atoms with Gasteiger partial charge in [0.2, 0.25) is 0 Å². The van der Waals surface area contributed by atoms with E-state index < -0.39 is 0 Å². The molecule has 2 aliphatic rings. The van der Waals surface area contributed by atoms with Gasteiger partial charge in [-0.25, -0.2) is 0 Å². The fraction of sp³-hybridized carbons (Fsp3) is 0.800. The Bertz CT molecular complexity index is 305. The van der Waals surface area contributed by atoms with Crippen LogP contribution in [0.25, 0.3) is 0 Å². The van der Waals surface area contributed by atoms with Crippen LogP contribution in [0.2, 0.25) is 0 Å². The Morgan fingerprint density at radius 3 is 2.81 bits per heavy atom. The number of rotatable bonds is 1. The molecule has 0 saturated heterocycles. The van der Waals surface area contributed by atoms with Crippen LogP contribution < -0.4 is 0 Å². The average molecular weight is 220 g/mol. The van der Waals surface area contributed by atoms with E-state index in [0.717, 1.165) is 18.8 Å². The summed E-state index contributed by atoms with van der Waals surface area (Å²) < 4.78 is 0. The molecule has 2 fully saturated rings. The minimum atomic E-state index is 0.146. The molecular formula is C15H24O. The average Bonchev–Trinajstić information content (AvgIpc) is 2.19. The molecule has 90 valence electrons. The van der Waals surface area contributed by atoms with E-state index in [-0.39, 0.29) is 5.41 Å². The molecule has 0 spiro atoms. The number of carbonyl (C=O) groups is 1. The first-order valence-electron chi connectivity index (χ1n) is 6.70. The summed E-state index contributed by atoms with van der Waals surface area (Å²) in [6, 6.07) is 0. The highest BCUT2D eigenvalue weighted by atomic mass is 16.1. The number of hydrogen-bond acceptors (Lipinski definition) is 1. The van der Waals surface area contributed by atoms with Gasteiger partial charge in [0.1, 0.15) is 5.78 Å². The Hall–Kier alpha value is -0.590. The third kappa shape index (κ3) is 2.23. The number of allylic oxidation sites excluding steroid dienone is 2. The lowest BCUT2D eigenvalue weighted by molar-refractivity contribution is -0.132. The first-order chi connectivity index (χ1) is 7.54. The van der Waals surface area contributed by atoms with Gasteiger partial charge in [-0.15, -0.1) is 0 Å². The highest BCUT2D eigenvalue weighted by Gasteiger charge is 2.43. The van der Waals surface area contributed by atoms with Gasteiger partial charge < -0.3 is 0 Å². The van der Waals surface area contributed by atoms with E-state index in [9.17, 15) is 4.79 Å². The van der Waals surface area contributed by atoms with Crippen molar-refractivity contribution in [3.05, 3.63) is 12.2 Å². The van der Waals surface area contributed by atoms with Crippen LogP contribution in [0.4, 0.5) is 0 Å². The smallest absolute Gasteiger partial charge is 0.137 e. The van der Waals surface area contributed by atoms with Crippen LogP contribution >= 0.6 is 0 Å². The Labute approximate surface area is 99.3 Å². The Kier molecular flexibility index (Phi) is 3.23. The molecule has 0 amide bonds. The maximum atomic E-state index is 12.2. The number of carbonyl (C=O) groups excluding carboxylic acids is 1. The van der Waals surface area contributed by atoms with Crippen molar-refractivity contribution in [1.82, 2.24) is 0 Å². The fourth-order valence-electron chi connectivity index (χ4n) is 3.81. The maximum Gasteiger partial charge on any atom is 0.137 e. The van der Waals surface area contributed by atoms with E-state index in [2.05, 4.69) is 32.9 Å². The van der Waals surface area contributed by atoms with Gasteiger partial charge in [0.05, 0.1) is 0 Å². The van der Waals surface area contributed by atoms with Gasteiger partial charge in [0.25, 0.3) is 0 Å². The van der Waals surface area contributed by atoms with Crippen molar-refractivity contribution in [2.24, 2.45) is 23.2 Å². The van der Waals surface area contributed by atoms with E-state index in [0.29, 0.717) is 17.6 Å². The maximum absolute atomic E-state index is 12.2. The molecule has 2 saturated carbocycles. The third-order valence-electron chi connectivity index (χ3n) is 4.54. The second-order valence-electron chi connectivity index (χ2n) is 6.29. The topological polar surface area (TPSA) is 17.1 Å². The summed E-state index contributed by atoms with van der Waals surface area (Å²) in [5.74, 6) is 2.35. The predicted octanol–water partition coefficient (Wildman–Crippen LogP) is 3.98. The Balaban J connectivity index is 2.13. The molecule has 1 heteroatoms. The molecule has 0 aromatic rings. The minimum Gasteiger partial charge on any atom is -0.299 e. The second-order valence-corrected chi connectivity index (χ2v) is 6.29. The lowest BCUT2D eigenvalue weighted by Gasteiger charge is -2.44. The van der Waals surface area contributed by atoms with Crippen LogP contribution in [0.1, 0.15) is 52.9 Å². The Morgan fingerprint density at radius 1 is 1.38 bits per heavy atom. The summed E-state index contributed by atoms with van der Waals surface area (Å²) in [5, 5.41) is 0. The number of ketones is 1. The van der Waals surface area contributed by atoms with Gasteiger partial charge in [-0.1, -0.05) is 32.4 Å². The van der Waals surface area contributed by atoms with Gasteiger partial charge >= 0.3 is 0 Å². The van der Waals surface area contributed by atoms with Crippen molar-refractivity contribution in [2.45, 2.75) is 52.9 Å². The molecule has 0 aliphatic heterocycles. The van der Waals surface area contributed by atoms with Crippen molar-refractivity contribution >= 4 is 5.78 Å². The van der Waals surface area contributed by atoms with Gasteiger partial charge in [0.15, 0.2) is 0 Å². The van der Waals surface area contributed by atoms with Crippen LogP contribution in [-0.4, -0.2) is 5.78 Å². The summed E-state index contributed by atoms with van der Waals surface area (Å²) in [7, 11) is 0. The summed E-state index contributed by atoms with van der Waals surface area (Å²) in [5.41, 5.74) is 0.146. The molecule has 0 heterocycles. The van der Waals surface area contributed by atoms with Gasteiger partial charge in [-0.05, 0) is 43.4 Å². The van der Waals surface area contributed by atoms with Crippen LogP contribution in [0, 0.1) is 23.2 Å². The lowest BCUT2D eigenvalue weighted by atomic mass is 9.60. The lowest BCUT2D eigenvalue weighted by Crippen LogP contribution is -2.40. The summed E-state index contributed by atoms with van der Waals surface area (Å²) in [6.07, 6.45) is 10.1. The standard InChI is InChI=1S/C15H24O/c1-4-7-15(3)9-12-6-5-11(2)8-13(12)14(16)10-15/h4,7,11-13H,5-6,8-10H2,1-3H3. The SMILES string of the molecule is CC=CC1(C)CC(=O)C2CC(C)CCC2C1. The van der Waals surface area contributed by atoms with Crippen LogP contribution in [0.15, 0.2) is 12.2 Å². The molecule has 2 rings (SSSR count). The Morgan fingerprint density at radius 2 is 2.12 bits per heavy atom. The van der Waals surface area contributed by atoms with Gasteiger partial charge in [0, 0.05) is 12.3 Å². The van der Waals surface area contributed by atoms with E-state index in [4.69, 9.17) is 0 Å². The highest BCUT2D eigenvalue weighted by Crippen LogP contribution is 2.48. The van der Waals surface area contributed by atoms with Crippen molar-refractivity contribution in [3.63, 3.8) is 0 Å². The van der Waals surface area contributed by atoms with Crippen molar-refractivity contribution < 1.29 is 4.79 Å². The monoisotopic (exact) mass is 220 g/mol. The van der Waals surface area contributed by atoms with E-state index >= 15 is 0 Å². The first-order valence-corrected chi connectivity index (χ1v) is 6.70. The van der Waals surface area contributed by atoms with Gasteiger partial charge in [-0.2, -0.15) is 0 Å². The summed E-state index contributed by atoms with van der Waals surface area (Å²) >= 11 is 0. The summed E-state index contributed by atoms with van der Waals surface area (Å²) in [4.78, 5) is 12.2. The molecule has 4 atom stereocenters. The second kappa shape index (κ2) is 4.35. The number of Topliss-reactive ketones (excluding diaryl/α,β-unsaturated/α-hetero) is 1. The number of hydrogen-bond donors (Lipinski definition) is 0. The first kappa shape index (κ1) is 11.9. The molecular weight excluding hydrogens is 196 g/mol. The summed E-state index contributed by atoms with van der Waals surface area (Å²) in [6.45, 7) is 6.60. The quantitative estimate of drug-likeness (QED) is 0.611. The molecule has 0 aromatic carbocycles. The molecule has 0 N–H and O–H groups in total. The minimum absolute atomic E-state index is 0.146. The van der Waals surface area contributed by atoms with Crippen molar-refractivity contribution in [1.29, 1.82) is 0 Å². The fourth-order valence-corrected chi connectivity index (χ4v) is 3.81. The zero-order chi connectivity index (χ0) is 11.8. The van der Waals surface area contributed by atoms with E-state index in [1.54, 1.807) is 0 Å². The molecule has 0 aromatic heterocycles. The van der Waals surface area contributed by atoms with Gasteiger partial charge in [-0.3, -0.25) is 4.79 Å². The van der Waals surface area contributed by atoms with Crippen molar-refractivity contribution in [2.75, 3.05) is 0 Å². The zero-order valence-electron chi connectivity index (χ0n) is 10.8. The third-order valence-corrected chi connectivity index (χ3v) is 4.54. The van der Waals surface area contributed by atoms with Crippen LogP contribution in [0.3, 0.4) is 0 Å². The predicted molar refractivity (Wildman–Crippen MR) is 67.2 cm³/mol. The molecule has 16 heavy (non-hydrogen) atoms. The highest BCUT2D eigenvalue weighted by molar-refractivity contribution is 5.83. The molecule has 1 nitrogen and oxygen atoms in total. The molecule has 0 radical (unpaired) electrons. The van der Waals surface area contributed by atoms with Crippen LogP contribution in [0.5, 0.6) is 0 Å². The molecule has 2 aliphatic carbocycles. The van der Waals surface area contributed by atoms with E-state index in [1.165, 1.54) is 19.3 Å². The largest absolute Gasteiger partial charge is 0.299 e. The van der Waals surface area contributed by atoms with Crippen molar-refractivity contribution in [3.8, 4) is 0 Å². The molecule has 4 unspecified atom stereocenters. The number of fused-ring (bicyclic) bond motifs is 1. The normalized spacial score (nSPS) is 44.7. The zero-order valence-corrected chi connectivity index (χ0v) is 10.8. The van der Waals surface area contributed by atoms with Crippen LogP contribution in [-0.2, 0) is 4.79 Å². The van der Waals surface area contributed by atoms with E-state index in [1.807, 2.05) is 0 Å². The molecule has 0 bridgehead atoms.